The van der Waals surface area contributed by atoms with Gasteiger partial charge in [-0.2, -0.15) is 0 Å². The molecule has 3 nitrogen and oxygen atoms in total. The van der Waals surface area contributed by atoms with Crippen LogP contribution in [0.2, 0.25) is 0 Å². The Morgan fingerprint density at radius 2 is 2.06 bits per heavy atom. The summed E-state index contributed by atoms with van der Waals surface area (Å²) in [6.07, 6.45) is 3.48. The van der Waals surface area contributed by atoms with Crippen LogP contribution in [0.15, 0.2) is 12.1 Å². The van der Waals surface area contributed by atoms with Gasteiger partial charge in [0.25, 0.3) is 0 Å². The van der Waals surface area contributed by atoms with Crippen LogP contribution in [0, 0.1) is 0 Å². The Morgan fingerprint density at radius 3 is 2.82 bits per heavy atom. The van der Waals surface area contributed by atoms with Crippen LogP contribution in [-0.2, 0) is 6.42 Å². The maximum atomic E-state index is 5.61. The van der Waals surface area contributed by atoms with Gasteiger partial charge in [0.05, 0.1) is 0 Å². The molecule has 1 aromatic rings. The van der Waals surface area contributed by atoms with E-state index in [0.717, 1.165) is 31.0 Å². The van der Waals surface area contributed by atoms with Gasteiger partial charge < -0.3 is 14.8 Å². The second-order valence-electron chi connectivity index (χ2n) is 4.74. The van der Waals surface area contributed by atoms with Crippen LogP contribution in [0.3, 0.4) is 0 Å². The van der Waals surface area contributed by atoms with Gasteiger partial charge in [0, 0.05) is 5.56 Å². The Balaban J connectivity index is 1.98. The van der Waals surface area contributed by atoms with Crippen molar-refractivity contribution in [3.8, 4) is 11.5 Å². The average Bonchev–Trinajstić information content (AvgIpc) is 2.86. The molecule has 1 aromatic carbocycles. The lowest BCUT2D eigenvalue weighted by atomic mass is 9.86. The van der Waals surface area contributed by atoms with Crippen molar-refractivity contribution < 1.29 is 9.47 Å². The lowest BCUT2D eigenvalue weighted by Gasteiger charge is -2.25. The third kappa shape index (κ3) is 1.89. The number of nitrogens with one attached hydrogen (secondary N) is 1. The summed E-state index contributed by atoms with van der Waals surface area (Å²) >= 11 is 0. The molecule has 1 saturated heterocycles. The second-order valence-corrected chi connectivity index (χ2v) is 4.74. The minimum atomic E-state index is 0.373. The highest BCUT2D eigenvalue weighted by Gasteiger charge is 2.24. The van der Waals surface area contributed by atoms with Crippen LogP contribution in [0.5, 0.6) is 11.5 Å². The molecular weight excluding hydrogens is 214 g/mol. The molecule has 0 bridgehead atoms. The van der Waals surface area contributed by atoms with E-state index in [4.69, 9.17) is 9.47 Å². The van der Waals surface area contributed by atoms with Gasteiger partial charge in [0.2, 0.25) is 6.79 Å². The van der Waals surface area contributed by atoms with Gasteiger partial charge in [-0.1, -0.05) is 13.0 Å². The molecule has 0 amide bonds. The van der Waals surface area contributed by atoms with Crippen molar-refractivity contribution in [3.63, 3.8) is 0 Å². The van der Waals surface area contributed by atoms with E-state index in [1.807, 2.05) is 0 Å². The van der Waals surface area contributed by atoms with E-state index < -0.39 is 0 Å². The maximum Gasteiger partial charge on any atom is 0.231 e. The van der Waals surface area contributed by atoms with E-state index >= 15 is 0 Å². The van der Waals surface area contributed by atoms with Crippen LogP contribution in [0.25, 0.3) is 0 Å². The lowest BCUT2D eigenvalue weighted by Crippen LogP contribution is -2.27. The van der Waals surface area contributed by atoms with Crippen molar-refractivity contribution in [1.82, 2.24) is 5.32 Å². The van der Waals surface area contributed by atoms with Crippen LogP contribution in [-0.4, -0.2) is 19.9 Å². The Bertz CT molecular complexity index is 411. The summed E-state index contributed by atoms with van der Waals surface area (Å²) in [5, 5.41) is 3.42. The zero-order chi connectivity index (χ0) is 11.7. The normalized spacial score (nSPS) is 19.6. The molecule has 17 heavy (non-hydrogen) atoms. The Kier molecular flexibility index (Phi) is 2.93. The first-order valence-electron chi connectivity index (χ1n) is 6.52. The Morgan fingerprint density at radius 1 is 1.24 bits per heavy atom. The number of benzene rings is 1. The quantitative estimate of drug-likeness (QED) is 0.851. The highest BCUT2D eigenvalue weighted by atomic mass is 16.7. The zero-order valence-corrected chi connectivity index (χ0v) is 10.3. The Labute approximate surface area is 102 Å². The monoisotopic (exact) mass is 233 g/mol. The average molecular weight is 233 g/mol. The van der Waals surface area contributed by atoms with Gasteiger partial charge in [-0.15, -0.1) is 0 Å². The fraction of sp³-hybridized carbons (Fsp3) is 0.571. The minimum absolute atomic E-state index is 0.373. The molecule has 1 N–H and O–H groups in total. The molecule has 2 aliphatic rings. The molecule has 0 spiro atoms. The molecule has 0 atom stereocenters. The van der Waals surface area contributed by atoms with Crippen LogP contribution in [0.4, 0.5) is 0 Å². The third-order valence-electron chi connectivity index (χ3n) is 3.81. The van der Waals surface area contributed by atoms with Crippen molar-refractivity contribution in [2.75, 3.05) is 19.9 Å². The van der Waals surface area contributed by atoms with Crippen molar-refractivity contribution in [2.45, 2.75) is 32.1 Å². The first-order chi connectivity index (χ1) is 8.40. The molecule has 3 rings (SSSR count). The largest absolute Gasteiger partial charge is 0.454 e. The van der Waals surface area contributed by atoms with Crippen molar-refractivity contribution in [3.05, 3.63) is 23.3 Å². The fourth-order valence-electron chi connectivity index (χ4n) is 2.93. The number of fused-ring (bicyclic) bond motifs is 1. The number of hydrogen-bond acceptors (Lipinski definition) is 3. The molecular formula is C14H19NO2. The van der Waals surface area contributed by atoms with Crippen molar-refractivity contribution in [1.29, 1.82) is 0 Å². The molecule has 0 aliphatic carbocycles. The number of piperidine rings is 1. The fourth-order valence-corrected chi connectivity index (χ4v) is 2.93. The lowest BCUT2D eigenvalue weighted by molar-refractivity contribution is 0.173. The highest BCUT2D eigenvalue weighted by Crippen LogP contribution is 2.41. The van der Waals surface area contributed by atoms with Gasteiger partial charge in [0.15, 0.2) is 11.5 Å². The predicted octanol–water partition coefficient (Wildman–Crippen LogP) is 2.44. The summed E-state index contributed by atoms with van der Waals surface area (Å²) in [6, 6.07) is 4.31. The van der Waals surface area contributed by atoms with E-state index in [-0.39, 0.29) is 0 Å². The van der Waals surface area contributed by atoms with Gasteiger partial charge in [-0.3, -0.25) is 0 Å². The second kappa shape index (κ2) is 4.57. The number of hydrogen-bond donors (Lipinski definition) is 1. The summed E-state index contributed by atoms with van der Waals surface area (Å²) in [4.78, 5) is 0. The summed E-state index contributed by atoms with van der Waals surface area (Å²) in [5.74, 6) is 2.59. The van der Waals surface area contributed by atoms with Gasteiger partial charge in [-0.05, 0) is 49.9 Å². The molecule has 0 radical (unpaired) electrons. The standard InChI is InChI=1S/C14H19NO2/c1-2-11-12(10-5-7-15-8-6-10)3-4-13-14(11)17-9-16-13/h3-4,10,15H,2,5-9H2,1H3. The highest BCUT2D eigenvalue weighted by molar-refractivity contribution is 5.53. The molecule has 1 fully saturated rings. The van der Waals surface area contributed by atoms with Gasteiger partial charge >= 0.3 is 0 Å². The predicted molar refractivity (Wildman–Crippen MR) is 66.8 cm³/mol. The maximum absolute atomic E-state index is 5.61. The van der Waals surface area contributed by atoms with Crippen LogP contribution in [0.1, 0.15) is 36.8 Å². The molecule has 92 valence electrons. The van der Waals surface area contributed by atoms with Crippen molar-refractivity contribution >= 4 is 0 Å². The SMILES string of the molecule is CCc1c(C2CCNCC2)ccc2c1OCO2. The first-order valence-corrected chi connectivity index (χ1v) is 6.52. The molecule has 2 heterocycles. The van der Waals surface area contributed by atoms with E-state index in [1.165, 1.54) is 24.0 Å². The summed E-state index contributed by atoms with van der Waals surface area (Å²) in [6.45, 7) is 4.82. The van der Waals surface area contributed by atoms with E-state index in [1.54, 1.807) is 0 Å². The molecule has 2 aliphatic heterocycles. The van der Waals surface area contributed by atoms with Crippen molar-refractivity contribution in [2.24, 2.45) is 0 Å². The molecule has 0 aromatic heterocycles. The van der Waals surface area contributed by atoms with Crippen LogP contribution >= 0.6 is 0 Å². The summed E-state index contributed by atoms with van der Waals surface area (Å²) < 4.78 is 11.1. The van der Waals surface area contributed by atoms with Gasteiger partial charge in [0.1, 0.15) is 0 Å². The topological polar surface area (TPSA) is 30.5 Å². The third-order valence-corrected chi connectivity index (χ3v) is 3.81. The molecule has 0 saturated carbocycles. The molecule has 0 unspecified atom stereocenters. The van der Waals surface area contributed by atoms with E-state index in [0.29, 0.717) is 12.7 Å². The van der Waals surface area contributed by atoms with E-state index in [9.17, 15) is 0 Å². The molecule has 3 heteroatoms. The smallest absolute Gasteiger partial charge is 0.231 e. The number of ether oxygens (including phenoxy) is 2. The summed E-state index contributed by atoms with van der Waals surface area (Å²) in [7, 11) is 0. The summed E-state index contributed by atoms with van der Waals surface area (Å²) in [5.41, 5.74) is 2.82. The van der Waals surface area contributed by atoms with Crippen LogP contribution < -0.4 is 14.8 Å². The van der Waals surface area contributed by atoms with Gasteiger partial charge in [-0.25, -0.2) is 0 Å². The minimum Gasteiger partial charge on any atom is -0.454 e. The number of rotatable bonds is 2. The van der Waals surface area contributed by atoms with E-state index in [2.05, 4.69) is 24.4 Å². The first kappa shape index (κ1) is 10.9. The Hall–Kier alpha value is -1.22. The zero-order valence-electron chi connectivity index (χ0n) is 10.3.